The minimum absolute atomic E-state index is 0.245. The molecule has 1 rings (SSSR count). The van der Waals surface area contributed by atoms with E-state index >= 15 is 0 Å². The monoisotopic (exact) mass is 270 g/mol. The molecule has 1 nitrogen and oxygen atoms in total. The Kier molecular flexibility index (Phi) is 3.73. The van der Waals surface area contributed by atoms with Gasteiger partial charge in [-0.15, -0.1) is 0 Å². The highest BCUT2D eigenvalue weighted by atomic mass is 19.4. The number of ketones is 1. The maximum Gasteiger partial charge on any atom is 0.417 e. The second kappa shape index (κ2) is 4.62. The normalized spacial score (nSPS) is 12.6. The van der Waals surface area contributed by atoms with Gasteiger partial charge in [-0.25, -0.2) is 0 Å². The van der Waals surface area contributed by atoms with Gasteiger partial charge >= 0.3 is 12.4 Å². The number of carbonyl (C=O) groups is 1. The fourth-order valence-corrected chi connectivity index (χ4v) is 1.39. The van der Waals surface area contributed by atoms with E-state index in [0.29, 0.717) is 6.07 Å². The Morgan fingerprint density at radius 1 is 1.06 bits per heavy atom. The molecular formula is C11H8F6O. The van der Waals surface area contributed by atoms with Gasteiger partial charge in [-0.3, -0.25) is 4.79 Å². The van der Waals surface area contributed by atoms with Crippen LogP contribution in [0.2, 0.25) is 0 Å². The van der Waals surface area contributed by atoms with E-state index in [1.807, 2.05) is 0 Å². The molecule has 18 heavy (non-hydrogen) atoms. The number of hydrogen-bond donors (Lipinski definition) is 0. The molecule has 1 aromatic carbocycles. The molecular weight excluding hydrogens is 262 g/mol. The summed E-state index contributed by atoms with van der Waals surface area (Å²) in [6.45, 7) is 1.28. The van der Waals surface area contributed by atoms with Gasteiger partial charge in [0.1, 0.15) is 0 Å². The van der Waals surface area contributed by atoms with E-state index in [9.17, 15) is 31.1 Å². The Morgan fingerprint density at radius 3 is 2.00 bits per heavy atom. The summed E-state index contributed by atoms with van der Waals surface area (Å²) >= 11 is 0. The summed E-state index contributed by atoms with van der Waals surface area (Å²) in [5.41, 5.74) is -3.56. The predicted molar refractivity (Wildman–Crippen MR) is 51.1 cm³/mol. The van der Waals surface area contributed by atoms with Crippen LogP contribution in [0.15, 0.2) is 18.2 Å². The number of halogens is 6. The zero-order chi connectivity index (χ0) is 14.1. The first-order valence-electron chi connectivity index (χ1n) is 4.89. The van der Waals surface area contributed by atoms with Gasteiger partial charge in [-0.2, -0.15) is 26.3 Å². The third-order valence-electron chi connectivity index (χ3n) is 2.27. The van der Waals surface area contributed by atoms with Crippen LogP contribution in [0.3, 0.4) is 0 Å². The third-order valence-corrected chi connectivity index (χ3v) is 2.27. The Labute approximate surface area is 98.4 Å². The van der Waals surface area contributed by atoms with Gasteiger partial charge in [0.2, 0.25) is 0 Å². The molecule has 0 aromatic heterocycles. The topological polar surface area (TPSA) is 17.1 Å². The van der Waals surface area contributed by atoms with E-state index < -0.39 is 34.8 Å². The molecule has 100 valence electrons. The van der Waals surface area contributed by atoms with Crippen molar-refractivity contribution in [3.63, 3.8) is 0 Å². The van der Waals surface area contributed by atoms with Crippen LogP contribution in [0.1, 0.15) is 34.8 Å². The van der Waals surface area contributed by atoms with Crippen molar-refractivity contribution in [2.75, 3.05) is 0 Å². The average Bonchev–Trinajstić information content (AvgIpc) is 2.24. The van der Waals surface area contributed by atoms with Crippen molar-refractivity contribution in [2.45, 2.75) is 25.7 Å². The van der Waals surface area contributed by atoms with Crippen molar-refractivity contribution >= 4 is 5.78 Å². The van der Waals surface area contributed by atoms with E-state index in [2.05, 4.69) is 0 Å². The first-order valence-corrected chi connectivity index (χ1v) is 4.89. The Hall–Kier alpha value is -1.53. The summed E-state index contributed by atoms with van der Waals surface area (Å²) in [6.07, 6.45) is -9.94. The molecule has 0 heterocycles. The smallest absolute Gasteiger partial charge is 0.294 e. The summed E-state index contributed by atoms with van der Waals surface area (Å²) < 4.78 is 74.7. The number of benzene rings is 1. The fraction of sp³-hybridized carbons (Fsp3) is 0.364. The number of Topliss-reactive ketones (excluding diaryl/α,β-unsaturated/α-hetero) is 1. The third kappa shape index (κ3) is 3.02. The lowest BCUT2D eigenvalue weighted by Gasteiger charge is -2.14. The molecule has 0 bridgehead atoms. The van der Waals surface area contributed by atoms with E-state index in [-0.39, 0.29) is 18.6 Å². The Bertz CT molecular complexity index is 458. The van der Waals surface area contributed by atoms with E-state index in [4.69, 9.17) is 0 Å². The molecule has 0 saturated carbocycles. The molecule has 1 aromatic rings. The zero-order valence-corrected chi connectivity index (χ0v) is 9.12. The molecule has 0 unspecified atom stereocenters. The zero-order valence-electron chi connectivity index (χ0n) is 9.12. The molecule has 0 spiro atoms. The number of rotatable bonds is 2. The molecule has 0 aliphatic carbocycles. The minimum Gasteiger partial charge on any atom is -0.294 e. The van der Waals surface area contributed by atoms with Gasteiger partial charge in [0.15, 0.2) is 5.78 Å². The summed E-state index contributed by atoms with van der Waals surface area (Å²) in [7, 11) is 0. The molecule has 0 radical (unpaired) electrons. The van der Waals surface area contributed by atoms with Crippen LogP contribution in [0.5, 0.6) is 0 Å². The van der Waals surface area contributed by atoms with Crippen molar-refractivity contribution < 1.29 is 31.1 Å². The van der Waals surface area contributed by atoms with Crippen molar-refractivity contribution in [2.24, 2.45) is 0 Å². The van der Waals surface area contributed by atoms with Crippen LogP contribution >= 0.6 is 0 Å². The SMILES string of the molecule is CCC(=O)c1cc(C(F)(F)F)ccc1C(F)(F)F. The Balaban J connectivity index is 3.44. The Morgan fingerprint density at radius 2 is 1.61 bits per heavy atom. The summed E-state index contributed by atoms with van der Waals surface area (Å²) in [5, 5.41) is 0. The molecule has 0 aliphatic heterocycles. The predicted octanol–water partition coefficient (Wildman–Crippen LogP) is 4.32. The van der Waals surface area contributed by atoms with Gasteiger partial charge in [0.25, 0.3) is 0 Å². The van der Waals surface area contributed by atoms with Crippen molar-refractivity contribution in [3.8, 4) is 0 Å². The second-order valence-electron chi connectivity index (χ2n) is 3.53. The summed E-state index contributed by atoms with van der Waals surface area (Å²) in [4.78, 5) is 11.3. The molecule has 0 fully saturated rings. The molecule has 7 heteroatoms. The van der Waals surface area contributed by atoms with E-state index in [0.717, 1.165) is 0 Å². The largest absolute Gasteiger partial charge is 0.417 e. The minimum atomic E-state index is -4.86. The first-order chi connectivity index (χ1) is 8.07. The van der Waals surface area contributed by atoms with Crippen LogP contribution in [0, 0.1) is 0 Å². The highest BCUT2D eigenvalue weighted by Crippen LogP contribution is 2.36. The molecule has 0 saturated heterocycles. The molecule has 0 amide bonds. The molecule has 0 aliphatic rings. The van der Waals surface area contributed by atoms with E-state index in [1.165, 1.54) is 6.92 Å². The standard InChI is InChI=1S/C11H8F6O/c1-2-9(18)7-5-6(10(12,13)14)3-4-8(7)11(15,16)17/h3-5H,2H2,1H3. The van der Waals surface area contributed by atoms with Gasteiger partial charge in [0.05, 0.1) is 11.1 Å². The lowest BCUT2D eigenvalue weighted by atomic mass is 9.98. The van der Waals surface area contributed by atoms with Gasteiger partial charge < -0.3 is 0 Å². The number of alkyl halides is 6. The van der Waals surface area contributed by atoms with Crippen LogP contribution in [0.4, 0.5) is 26.3 Å². The average molecular weight is 270 g/mol. The van der Waals surface area contributed by atoms with Crippen LogP contribution in [0.25, 0.3) is 0 Å². The lowest BCUT2D eigenvalue weighted by Crippen LogP contribution is -2.15. The number of carbonyl (C=O) groups excluding carboxylic acids is 1. The van der Waals surface area contributed by atoms with Crippen molar-refractivity contribution in [1.82, 2.24) is 0 Å². The molecule has 0 atom stereocenters. The van der Waals surface area contributed by atoms with Gasteiger partial charge in [0, 0.05) is 12.0 Å². The number of hydrogen-bond acceptors (Lipinski definition) is 1. The second-order valence-corrected chi connectivity index (χ2v) is 3.53. The van der Waals surface area contributed by atoms with Crippen LogP contribution in [-0.2, 0) is 12.4 Å². The maximum atomic E-state index is 12.5. The van der Waals surface area contributed by atoms with E-state index in [1.54, 1.807) is 0 Å². The summed E-state index contributed by atoms with van der Waals surface area (Å²) in [6, 6.07) is 0.843. The highest BCUT2D eigenvalue weighted by molar-refractivity contribution is 5.97. The molecule has 0 N–H and O–H groups in total. The quantitative estimate of drug-likeness (QED) is 0.578. The van der Waals surface area contributed by atoms with Crippen molar-refractivity contribution in [1.29, 1.82) is 0 Å². The first kappa shape index (κ1) is 14.5. The highest BCUT2D eigenvalue weighted by Gasteiger charge is 2.38. The van der Waals surface area contributed by atoms with Crippen molar-refractivity contribution in [3.05, 3.63) is 34.9 Å². The van der Waals surface area contributed by atoms with Gasteiger partial charge in [-0.05, 0) is 18.2 Å². The van der Waals surface area contributed by atoms with Crippen LogP contribution < -0.4 is 0 Å². The van der Waals surface area contributed by atoms with Gasteiger partial charge in [-0.1, -0.05) is 6.92 Å². The lowest BCUT2D eigenvalue weighted by molar-refractivity contribution is -0.141. The summed E-state index contributed by atoms with van der Waals surface area (Å²) in [5.74, 6) is -0.978. The fourth-order valence-electron chi connectivity index (χ4n) is 1.39. The maximum absolute atomic E-state index is 12.5. The van der Waals surface area contributed by atoms with Crippen LogP contribution in [-0.4, -0.2) is 5.78 Å².